The van der Waals surface area contributed by atoms with E-state index in [0.29, 0.717) is 6.04 Å². The van der Waals surface area contributed by atoms with Crippen LogP contribution in [0.4, 0.5) is 0 Å². The highest BCUT2D eigenvalue weighted by atomic mass is 14.9. The number of piperidine rings is 1. The summed E-state index contributed by atoms with van der Waals surface area (Å²) in [5.41, 5.74) is 4.70. The number of aryl methyl sites for hydroxylation is 1. The van der Waals surface area contributed by atoms with Gasteiger partial charge in [-0.1, -0.05) is 54.6 Å². The predicted molar refractivity (Wildman–Crippen MR) is 87.5 cm³/mol. The third kappa shape index (κ3) is 2.51. The molecule has 2 aliphatic rings. The van der Waals surface area contributed by atoms with Crippen LogP contribution in [0.2, 0.25) is 0 Å². The number of nitrogens with one attached hydrogen (secondary N) is 1. The molecule has 1 heterocycles. The number of hydrogen-bond acceptors (Lipinski definition) is 1. The summed E-state index contributed by atoms with van der Waals surface area (Å²) in [5.74, 6) is 1.57. The quantitative estimate of drug-likeness (QED) is 0.877. The first-order valence-electron chi connectivity index (χ1n) is 8.27. The predicted octanol–water partition coefficient (Wildman–Crippen LogP) is 3.94. The zero-order valence-corrected chi connectivity index (χ0v) is 12.5. The molecule has 4 rings (SSSR count). The Morgan fingerprint density at radius 3 is 2.62 bits per heavy atom. The number of benzene rings is 2. The van der Waals surface area contributed by atoms with Gasteiger partial charge < -0.3 is 5.32 Å². The largest absolute Gasteiger partial charge is 0.313 e. The minimum atomic E-state index is 0.638. The molecule has 0 bridgehead atoms. The second-order valence-electron chi connectivity index (χ2n) is 6.55. The van der Waals surface area contributed by atoms with Crippen LogP contribution >= 0.6 is 0 Å². The minimum Gasteiger partial charge on any atom is -0.313 e. The molecule has 1 heteroatoms. The van der Waals surface area contributed by atoms with E-state index in [4.69, 9.17) is 0 Å². The Labute approximate surface area is 127 Å². The third-order valence-corrected chi connectivity index (χ3v) is 5.40. The monoisotopic (exact) mass is 277 g/mol. The van der Waals surface area contributed by atoms with Crippen LogP contribution in [-0.4, -0.2) is 12.6 Å². The molecule has 1 fully saturated rings. The average Bonchev–Trinajstić information content (AvgIpc) is 2.56. The van der Waals surface area contributed by atoms with Crippen molar-refractivity contribution >= 4 is 0 Å². The molecule has 2 aromatic rings. The molecule has 3 atom stereocenters. The van der Waals surface area contributed by atoms with Crippen molar-refractivity contribution in [3.05, 3.63) is 71.3 Å². The molecule has 0 amide bonds. The number of fused-ring (bicyclic) bond motifs is 3. The van der Waals surface area contributed by atoms with Gasteiger partial charge in [-0.2, -0.15) is 0 Å². The van der Waals surface area contributed by atoms with Crippen molar-refractivity contribution in [1.82, 2.24) is 5.32 Å². The van der Waals surface area contributed by atoms with Crippen LogP contribution in [0.25, 0.3) is 0 Å². The first kappa shape index (κ1) is 13.1. The van der Waals surface area contributed by atoms with Crippen LogP contribution in [-0.2, 0) is 12.8 Å². The molecule has 0 aromatic heterocycles. The van der Waals surface area contributed by atoms with Gasteiger partial charge in [-0.05, 0) is 60.8 Å². The van der Waals surface area contributed by atoms with Crippen LogP contribution in [0.1, 0.15) is 35.4 Å². The summed E-state index contributed by atoms with van der Waals surface area (Å²) >= 11 is 0. The molecular formula is C20H23N. The van der Waals surface area contributed by atoms with Crippen LogP contribution in [0, 0.1) is 5.92 Å². The summed E-state index contributed by atoms with van der Waals surface area (Å²) in [6, 6.07) is 20.7. The van der Waals surface area contributed by atoms with Gasteiger partial charge in [0.25, 0.3) is 0 Å². The first-order chi connectivity index (χ1) is 10.4. The molecule has 21 heavy (non-hydrogen) atoms. The van der Waals surface area contributed by atoms with Gasteiger partial charge >= 0.3 is 0 Å². The molecule has 0 radical (unpaired) electrons. The maximum atomic E-state index is 3.80. The summed E-state index contributed by atoms with van der Waals surface area (Å²) in [5, 5.41) is 3.80. The van der Waals surface area contributed by atoms with Crippen molar-refractivity contribution in [1.29, 1.82) is 0 Å². The normalized spacial score (nSPS) is 27.7. The second-order valence-corrected chi connectivity index (χ2v) is 6.55. The molecule has 108 valence electrons. The Morgan fingerprint density at radius 1 is 0.905 bits per heavy atom. The molecule has 0 saturated carbocycles. The van der Waals surface area contributed by atoms with Gasteiger partial charge in [0, 0.05) is 6.04 Å². The highest BCUT2D eigenvalue weighted by Gasteiger charge is 2.37. The SMILES string of the molecule is c1ccc(CC2NCCC3c4ccccc4CCC23)cc1. The fourth-order valence-corrected chi connectivity index (χ4v) is 4.40. The van der Waals surface area contributed by atoms with Gasteiger partial charge in [-0.3, -0.25) is 0 Å². The van der Waals surface area contributed by atoms with Gasteiger partial charge in [0.2, 0.25) is 0 Å². The molecule has 1 nitrogen and oxygen atoms in total. The van der Waals surface area contributed by atoms with Crippen LogP contribution in [0.15, 0.2) is 54.6 Å². The standard InChI is InChI=1S/C20H23N/c1-2-6-15(7-3-1)14-20-19-11-10-16-8-4-5-9-17(16)18(19)12-13-21-20/h1-9,18-21H,10-14H2. The zero-order valence-electron chi connectivity index (χ0n) is 12.5. The Morgan fingerprint density at radius 2 is 1.71 bits per heavy atom. The van der Waals surface area contributed by atoms with E-state index in [2.05, 4.69) is 59.9 Å². The van der Waals surface area contributed by atoms with E-state index in [1.54, 1.807) is 11.1 Å². The molecule has 1 aliphatic heterocycles. The summed E-state index contributed by atoms with van der Waals surface area (Å²) in [4.78, 5) is 0. The fraction of sp³-hybridized carbons (Fsp3) is 0.400. The maximum absolute atomic E-state index is 3.80. The van der Waals surface area contributed by atoms with Crippen molar-refractivity contribution in [3.63, 3.8) is 0 Å². The average molecular weight is 277 g/mol. The van der Waals surface area contributed by atoms with E-state index in [9.17, 15) is 0 Å². The van der Waals surface area contributed by atoms with Gasteiger partial charge in [0.05, 0.1) is 0 Å². The van der Waals surface area contributed by atoms with Crippen LogP contribution < -0.4 is 5.32 Å². The lowest BCUT2D eigenvalue weighted by molar-refractivity contribution is 0.216. The summed E-state index contributed by atoms with van der Waals surface area (Å²) in [6.45, 7) is 1.16. The topological polar surface area (TPSA) is 12.0 Å². The van der Waals surface area contributed by atoms with Crippen molar-refractivity contribution in [2.24, 2.45) is 5.92 Å². The molecule has 1 saturated heterocycles. The Bertz CT molecular complexity index is 604. The summed E-state index contributed by atoms with van der Waals surface area (Å²) in [6.07, 6.45) is 5.06. The van der Waals surface area contributed by atoms with Gasteiger partial charge in [0.1, 0.15) is 0 Å². The number of rotatable bonds is 2. The lowest BCUT2D eigenvalue weighted by atomic mass is 9.68. The van der Waals surface area contributed by atoms with Crippen LogP contribution in [0.3, 0.4) is 0 Å². The van der Waals surface area contributed by atoms with E-state index in [0.717, 1.165) is 18.4 Å². The fourth-order valence-electron chi connectivity index (χ4n) is 4.40. The minimum absolute atomic E-state index is 0.638. The van der Waals surface area contributed by atoms with Crippen molar-refractivity contribution < 1.29 is 0 Å². The highest BCUT2D eigenvalue weighted by molar-refractivity contribution is 5.34. The number of hydrogen-bond donors (Lipinski definition) is 1. The molecule has 1 N–H and O–H groups in total. The lowest BCUT2D eigenvalue weighted by Crippen LogP contribution is -2.47. The maximum Gasteiger partial charge on any atom is 0.0142 e. The van der Waals surface area contributed by atoms with Crippen molar-refractivity contribution in [2.45, 2.75) is 37.6 Å². The van der Waals surface area contributed by atoms with Crippen LogP contribution in [0.5, 0.6) is 0 Å². The zero-order chi connectivity index (χ0) is 14.1. The Kier molecular flexibility index (Phi) is 3.52. The van der Waals surface area contributed by atoms with Crippen molar-refractivity contribution in [3.8, 4) is 0 Å². The van der Waals surface area contributed by atoms with E-state index in [1.165, 1.54) is 31.2 Å². The van der Waals surface area contributed by atoms with E-state index in [1.807, 2.05) is 0 Å². The molecule has 3 unspecified atom stereocenters. The molecular weight excluding hydrogens is 254 g/mol. The Balaban J connectivity index is 1.59. The highest BCUT2D eigenvalue weighted by Crippen LogP contribution is 2.42. The third-order valence-electron chi connectivity index (χ3n) is 5.40. The lowest BCUT2D eigenvalue weighted by Gasteiger charge is -2.43. The summed E-state index contributed by atoms with van der Waals surface area (Å²) < 4.78 is 0. The summed E-state index contributed by atoms with van der Waals surface area (Å²) in [7, 11) is 0. The smallest absolute Gasteiger partial charge is 0.0142 e. The molecule has 2 aromatic carbocycles. The van der Waals surface area contributed by atoms with Gasteiger partial charge in [-0.25, -0.2) is 0 Å². The molecule has 0 spiro atoms. The van der Waals surface area contributed by atoms with E-state index in [-0.39, 0.29) is 0 Å². The van der Waals surface area contributed by atoms with Gasteiger partial charge in [0.15, 0.2) is 0 Å². The first-order valence-corrected chi connectivity index (χ1v) is 8.27. The molecule has 1 aliphatic carbocycles. The van der Waals surface area contributed by atoms with E-state index >= 15 is 0 Å². The second kappa shape index (κ2) is 5.65. The van der Waals surface area contributed by atoms with Gasteiger partial charge in [-0.15, -0.1) is 0 Å². The van der Waals surface area contributed by atoms with Crippen molar-refractivity contribution in [2.75, 3.05) is 6.54 Å². The van der Waals surface area contributed by atoms with E-state index < -0.39 is 0 Å². The Hall–Kier alpha value is -1.60.